The van der Waals surface area contributed by atoms with Gasteiger partial charge in [0.05, 0.1) is 12.2 Å². The van der Waals surface area contributed by atoms with Gasteiger partial charge in [-0.3, -0.25) is 0 Å². The van der Waals surface area contributed by atoms with Gasteiger partial charge in [0.2, 0.25) is 0 Å². The van der Waals surface area contributed by atoms with E-state index >= 15 is 0 Å². The molecule has 1 N–H and O–H groups in total. The van der Waals surface area contributed by atoms with Gasteiger partial charge in [0.15, 0.2) is 0 Å². The molecule has 2 rings (SSSR count). The van der Waals surface area contributed by atoms with Crippen molar-refractivity contribution in [3.8, 4) is 0 Å². The Kier molecular flexibility index (Phi) is 6.06. The summed E-state index contributed by atoms with van der Waals surface area (Å²) in [6, 6.07) is 14.7. The number of rotatable bonds is 7. The van der Waals surface area contributed by atoms with Gasteiger partial charge in [-0.1, -0.05) is 38.0 Å². The summed E-state index contributed by atoms with van der Waals surface area (Å²) in [5.41, 5.74) is 3.60. The number of hydrogen-bond acceptors (Lipinski definition) is 2. The van der Waals surface area contributed by atoms with Crippen LogP contribution in [0.15, 0.2) is 47.1 Å². The molecule has 106 valence electrons. The van der Waals surface area contributed by atoms with Gasteiger partial charge in [0.1, 0.15) is 4.60 Å². The molecule has 1 aromatic heterocycles. The predicted molar refractivity (Wildman–Crippen MR) is 88.9 cm³/mol. The highest BCUT2D eigenvalue weighted by Crippen LogP contribution is 2.14. The summed E-state index contributed by atoms with van der Waals surface area (Å²) in [5, 5.41) is 3.40. The SMILES string of the molecule is CCCCCc1ccc(NCc2cccc(Br)n2)cc1. The second-order valence-corrected chi connectivity index (χ2v) is 5.77. The highest BCUT2D eigenvalue weighted by Gasteiger charge is 1.98. The molecule has 0 spiro atoms. The second-order valence-electron chi connectivity index (χ2n) is 4.96. The zero-order chi connectivity index (χ0) is 14.2. The number of pyridine rings is 1. The lowest BCUT2D eigenvalue weighted by molar-refractivity contribution is 0.717. The number of halogens is 1. The molecule has 0 bridgehead atoms. The normalized spacial score (nSPS) is 10.5. The van der Waals surface area contributed by atoms with E-state index in [1.807, 2.05) is 18.2 Å². The first-order chi connectivity index (χ1) is 9.78. The fraction of sp³-hybridized carbons (Fsp3) is 0.353. The Labute approximate surface area is 129 Å². The van der Waals surface area contributed by atoms with Crippen molar-refractivity contribution in [2.75, 3.05) is 5.32 Å². The van der Waals surface area contributed by atoms with Crippen LogP contribution in [0.1, 0.15) is 37.4 Å². The van der Waals surface area contributed by atoms with Gasteiger partial charge in [0, 0.05) is 5.69 Å². The molecule has 3 heteroatoms. The van der Waals surface area contributed by atoms with Crippen LogP contribution in [-0.4, -0.2) is 4.98 Å². The van der Waals surface area contributed by atoms with E-state index in [2.05, 4.69) is 57.4 Å². The van der Waals surface area contributed by atoms with Crippen molar-refractivity contribution in [1.29, 1.82) is 0 Å². The zero-order valence-electron chi connectivity index (χ0n) is 11.9. The minimum absolute atomic E-state index is 0.745. The Morgan fingerprint density at radius 2 is 1.85 bits per heavy atom. The molecule has 0 radical (unpaired) electrons. The van der Waals surface area contributed by atoms with Crippen LogP contribution in [0.2, 0.25) is 0 Å². The summed E-state index contributed by atoms with van der Waals surface area (Å²) in [7, 11) is 0. The topological polar surface area (TPSA) is 24.9 Å². The fourth-order valence-corrected chi connectivity index (χ4v) is 2.49. The third-order valence-electron chi connectivity index (χ3n) is 3.27. The zero-order valence-corrected chi connectivity index (χ0v) is 13.5. The molecule has 20 heavy (non-hydrogen) atoms. The highest BCUT2D eigenvalue weighted by atomic mass is 79.9. The molecule has 0 aliphatic heterocycles. The van der Waals surface area contributed by atoms with Crippen LogP contribution >= 0.6 is 15.9 Å². The lowest BCUT2D eigenvalue weighted by Crippen LogP contribution is -2.01. The molecule has 0 atom stereocenters. The largest absolute Gasteiger partial charge is 0.379 e. The maximum Gasteiger partial charge on any atom is 0.106 e. The summed E-state index contributed by atoms with van der Waals surface area (Å²) in [6.45, 7) is 2.98. The van der Waals surface area contributed by atoms with E-state index in [0.717, 1.165) is 22.5 Å². The van der Waals surface area contributed by atoms with Crippen molar-refractivity contribution >= 4 is 21.6 Å². The molecule has 0 aliphatic carbocycles. The Morgan fingerprint density at radius 1 is 1.05 bits per heavy atom. The van der Waals surface area contributed by atoms with Gasteiger partial charge in [-0.25, -0.2) is 4.98 Å². The maximum absolute atomic E-state index is 4.41. The van der Waals surface area contributed by atoms with Crippen molar-refractivity contribution in [3.05, 3.63) is 58.3 Å². The first-order valence-corrected chi connectivity index (χ1v) is 8.01. The Balaban J connectivity index is 1.84. The van der Waals surface area contributed by atoms with Crippen LogP contribution in [0.5, 0.6) is 0 Å². The molecular weight excluding hydrogens is 312 g/mol. The standard InChI is InChI=1S/C17H21BrN2/c1-2-3-4-6-14-9-11-15(12-10-14)19-13-16-7-5-8-17(18)20-16/h5,7-12,19H,2-4,6,13H2,1H3. The molecule has 2 nitrogen and oxygen atoms in total. The molecule has 0 saturated carbocycles. The van der Waals surface area contributed by atoms with E-state index in [1.54, 1.807) is 0 Å². The molecule has 0 aliphatic rings. The first-order valence-electron chi connectivity index (χ1n) is 7.22. The molecular formula is C17H21BrN2. The van der Waals surface area contributed by atoms with Crippen molar-refractivity contribution in [1.82, 2.24) is 4.98 Å². The molecule has 1 heterocycles. The summed E-state index contributed by atoms with van der Waals surface area (Å²) >= 11 is 3.39. The van der Waals surface area contributed by atoms with Gasteiger partial charge in [-0.15, -0.1) is 0 Å². The number of nitrogens with one attached hydrogen (secondary N) is 1. The Bertz CT molecular complexity index is 523. The van der Waals surface area contributed by atoms with Crippen LogP contribution in [0, 0.1) is 0 Å². The molecule has 0 amide bonds. The van der Waals surface area contributed by atoms with E-state index in [9.17, 15) is 0 Å². The summed E-state index contributed by atoms with van der Waals surface area (Å²) in [5.74, 6) is 0. The van der Waals surface area contributed by atoms with E-state index in [1.165, 1.54) is 31.2 Å². The van der Waals surface area contributed by atoms with Crippen LogP contribution in [-0.2, 0) is 13.0 Å². The predicted octanol–water partition coefficient (Wildman–Crippen LogP) is 5.19. The molecule has 0 unspecified atom stereocenters. The quantitative estimate of drug-likeness (QED) is 0.557. The number of anilines is 1. The third kappa shape index (κ3) is 4.97. The monoisotopic (exact) mass is 332 g/mol. The maximum atomic E-state index is 4.41. The number of aryl methyl sites for hydroxylation is 1. The van der Waals surface area contributed by atoms with Gasteiger partial charge in [-0.05, 0) is 58.6 Å². The number of hydrogen-bond donors (Lipinski definition) is 1. The minimum atomic E-state index is 0.745. The minimum Gasteiger partial charge on any atom is -0.379 e. The summed E-state index contributed by atoms with van der Waals surface area (Å²) in [6.07, 6.45) is 5.06. The Hall–Kier alpha value is -1.35. The summed E-state index contributed by atoms with van der Waals surface area (Å²) < 4.78 is 0.878. The van der Waals surface area contributed by atoms with E-state index in [4.69, 9.17) is 0 Å². The second kappa shape index (κ2) is 8.05. The molecule has 2 aromatic rings. The molecule has 0 saturated heterocycles. The fourth-order valence-electron chi connectivity index (χ4n) is 2.11. The van der Waals surface area contributed by atoms with E-state index in [0.29, 0.717) is 0 Å². The van der Waals surface area contributed by atoms with Crippen molar-refractivity contribution in [2.45, 2.75) is 39.2 Å². The number of nitrogens with zero attached hydrogens (tertiary/aromatic N) is 1. The summed E-state index contributed by atoms with van der Waals surface area (Å²) in [4.78, 5) is 4.41. The van der Waals surface area contributed by atoms with Crippen LogP contribution in [0.25, 0.3) is 0 Å². The van der Waals surface area contributed by atoms with Crippen molar-refractivity contribution in [3.63, 3.8) is 0 Å². The van der Waals surface area contributed by atoms with Gasteiger partial charge < -0.3 is 5.32 Å². The van der Waals surface area contributed by atoms with Crippen LogP contribution in [0.4, 0.5) is 5.69 Å². The third-order valence-corrected chi connectivity index (χ3v) is 3.71. The number of benzene rings is 1. The van der Waals surface area contributed by atoms with Crippen LogP contribution in [0.3, 0.4) is 0 Å². The Morgan fingerprint density at radius 3 is 2.55 bits per heavy atom. The van der Waals surface area contributed by atoms with E-state index < -0.39 is 0 Å². The van der Waals surface area contributed by atoms with Crippen molar-refractivity contribution in [2.24, 2.45) is 0 Å². The average molecular weight is 333 g/mol. The van der Waals surface area contributed by atoms with Gasteiger partial charge in [0.25, 0.3) is 0 Å². The van der Waals surface area contributed by atoms with E-state index in [-0.39, 0.29) is 0 Å². The lowest BCUT2D eigenvalue weighted by Gasteiger charge is -2.07. The van der Waals surface area contributed by atoms with Crippen molar-refractivity contribution < 1.29 is 0 Å². The van der Waals surface area contributed by atoms with Gasteiger partial charge >= 0.3 is 0 Å². The molecule has 1 aromatic carbocycles. The number of aromatic nitrogens is 1. The van der Waals surface area contributed by atoms with Gasteiger partial charge in [-0.2, -0.15) is 0 Å². The number of unbranched alkanes of at least 4 members (excludes halogenated alkanes) is 2. The highest BCUT2D eigenvalue weighted by molar-refractivity contribution is 9.10. The smallest absolute Gasteiger partial charge is 0.106 e. The van der Waals surface area contributed by atoms with Crippen LogP contribution < -0.4 is 5.32 Å². The molecule has 0 fully saturated rings. The average Bonchev–Trinajstić information content (AvgIpc) is 2.47. The lowest BCUT2D eigenvalue weighted by atomic mass is 10.1. The first kappa shape index (κ1) is 15.0.